The second kappa shape index (κ2) is 6.60. The molecular weight excluding hydrogens is 282 g/mol. The molecule has 0 spiro atoms. The summed E-state index contributed by atoms with van der Waals surface area (Å²) in [5.41, 5.74) is 2.43. The van der Waals surface area contributed by atoms with Crippen LogP contribution in [0.3, 0.4) is 0 Å². The van der Waals surface area contributed by atoms with Crippen molar-refractivity contribution in [1.29, 1.82) is 0 Å². The maximum atomic E-state index is 6.00. The number of aryl methyl sites for hydroxylation is 1. The van der Waals surface area contributed by atoms with E-state index in [4.69, 9.17) is 16.6 Å². The summed E-state index contributed by atoms with van der Waals surface area (Å²) in [7, 11) is 0. The van der Waals surface area contributed by atoms with E-state index in [1.807, 2.05) is 18.2 Å². The molecule has 0 aliphatic rings. The van der Waals surface area contributed by atoms with Gasteiger partial charge < -0.3 is 0 Å². The molecule has 96 valence electrons. The largest absolute Gasteiger partial charge is 0.246 e. The zero-order valence-electron chi connectivity index (χ0n) is 10.3. The topological polar surface area (TPSA) is 12.9 Å². The van der Waals surface area contributed by atoms with E-state index < -0.39 is 0 Å². The van der Waals surface area contributed by atoms with Crippen LogP contribution in [0.2, 0.25) is 5.02 Å². The maximum absolute atomic E-state index is 6.00. The van der Waals surface area contributed by atoms with Crippen molar-refractivity contribution in [3.05, 3.63) is 50.4 Å². The van der Waals surface area contributed by atoms with Gasteiger partial charge in [-0.05, 0) is 24.1 Å². The van der Waals surface area contributed by atoms with Crippen LogP contribution in [0.15, 0.2) is 24.3 Å². The first-order valence-electron chi connectivity index (χ1n) is 6.05. The van der Waals surface area contributed by atoms with Crippen LogP contribution in [0.5, 0.6) is 0 Å². The molecule has 0 radical (unpaired) electrons. The quantitative estimate of drug-likeness (QED) is 0.784. The molecular formula is C14H16ClNS2. The molecule has 0 unspecified atom stereocenters. The first-order chi connectivity index (χ1) is 8.72. The van der Waals surface area contributed by atoms with Crippen molar-refractivity contribution >= 4 is 35.6 Å². The lowest BCUT2D eigenvalue weighted by Gasteiger charge is -1.98. The molecule has 4 heteroatoms. The summed E-state index contributed by atoms with van der Waals surface area (Å²) in [5, 5.41) is 1.94. The summed E-state index contributed by atoms with van der Waals surface area (Å²) in [6.45, 7) is 2.18. The minimum absolute atomic E-state index is 0.780. The van der Waals surface area contributed by atoms with Gasteiger partial charge in [-0.15, -0.1) is 11.3 Å². The van der Waals surface area contributed by atoms with Gasteiger partial charge in [0.15, 0.2) is 0 Å². The van der Waals surface area contributed by atoms with Crippen molar-refractivity contribution in [2.75, 3.05) is 0 Å². The van der Waals surface area contributed by atoms with E-state index in [9.17, 15) is 0 Å². The van der Waals surface area contributed by atoms with E-state index in [1.54, 1.807) is 11.3 Å². The SMILES string of the molecule is CCCc1nc(Cc2cccc(Cl)c2)sc1CS. The Labute approximate surface area is 123 Å². The predicted molar refractivity (Wildman–Crippen MR) is 83.1 cm³/mol. The molecule has 1 aromatic carbocycles. The summed E-state index contributed by atoms with van der Waals surface area (Å²) in [4.78, 5) is 6.03. The van der Waals surface area contributed by atoms with E-state index >= 15 is 0 Å². The van der Waals surface area contributed by atoms with Crippen LogP contribution in [0.25, 0.3) is 0 Å². The number of benzene rings is 1. The summed E-state index contributed by atoms with van der Waals surface area (Å²) >= 11 is 12.1. The van der Waals surface area contributed by atoms with Gasteiger partial charge in [0, 0.05) is 22.1 Å². The lowest BCUT2D eigenvalue weighted by atomic mass is 10.1. The molecule has 0 saturated carbocycles. The van der Waals surface area contributed by atoms with Crippen LogP contribution in [0.1, 0.15) is 34.5 Å². The average Bonchev–Trinajstić information content (AvgIpc) is 2.72. The molecule has 2 rings (SSSR count). The highest BCUT2D eigenvalue weighted by molar-refractivity contribution is 7.79. The van der Waals surface area contributed by atoms with Crippen LogP contribution >= 0.6 is 35.6 Å². The van der Waals surface area contributed by atoms with Gasteiger partial charge in [-0.25, -0.2) is 4.98 Å². The Morgan fingerprint density at radius 1 is 1.39 bits per heavy atom. The Kier molecular flexibility index (Phi) is 5.10. The minimum atomic E-state index is 0.780. The van der Waals surface area contributed by atoms with Crippen molar-refractivity contribution in [3.63, 3.8) is 0 Å². The van der Waals surface area contributed by atoms with Gasteiger partial charge in [0.05, 0.1) is 10.7 Å². The molecule has 0 amide bonds. The summed E-state index contributed by atoms with van der Waals surface area (Å²) in [5.74, 6) is 0.780. The number of halogens is 1. The van der Waals surface area contributed by atoms with Crippen LogP contribution in [0.4, 0.5) is 0 Å². The van der Waals surface area contributed by atoms with E-state index in [0.717, 1.165) is 35.0 Å². The number of nitrogens with zero attached hydrogens (tertiary/aromatic N) is 1. The first-order valence-corrected chi connectivity index (χ1v) is 7.88. The fourth-order valence-corrected chi connectivity index (χ4v) is 3.49. The molecule has 1 nitrogen and oxygen atoms in total. The van der Waals surface area contributed by atoms with E-state index in [1.165, 1.54) is 16.1 Å². The maximum Gasteiger partial charge on any atom is 0.0975 e. The number of hydrogen-bond donors (Lipinski definition) is 1. The Hall–Kier alpha value is -0.510. The van der Waals surface area contributed by atoms with Gasteiger partial charge in [-0.2, -0.15) is 12.6 Å². The summed E-state index contributed by atoms with van der Waals surface area (Å²) < 4.78 is 0. The highest BCUT2D eigenvalue weighted by atomic mass is 35.5. The summed E-state index contributed by atoms with van der Waals surface area (Å²) in [6, 6.07) is 7.97. The van der Waals surface area contributed by atoms with Crippen LogP contribution in [-0.4, -0.2) is 4.98 Å². The van der Waals surface area contributed by atoms with Crippen molar-refractivity contribution in [3.8, 4) is 0 Å². The van der Waals surface area contributed by atoms with Gasteiger partial charge in [-0.1, -0.05) is 37.1 Å². The number of thiol groups is 1. The number of hydrogen-bond acceptors (Lipinski definition) is 3. The van der Waals surface area contributed by atoms with Crippen molar-refractivity contribution in [1.82, 2.24) is 4.98 Å². The predicted octanol–water partition coefficient (Wildman–Crippen LogP) is 4.77. The molecule has 0 aliphatic heterocycles. The van der Waals surface area contributed by atoms with Crippen molar-refractivity contribution in [2.45, 2.75) is 31.9 Å². The van der Waals surface area contributed by atoms with Gasteiger partial charge >= 0.3 is 0 Å². The molecule has 1 aromatic heterocycles. The highest BCUT2D eigenvalue weighted by Crippen LogP contribution is 2.24. The monoisotopic (exact) mass is 297 g/mol. The van der Waals surface area contributed by atoms with Crippen molar-refractivity contribution in [2.24, 2.45) is 0 Å². The number of thiazole rings is 1. The average molecular weight is 298 g/mol. The van der Waals surface area contributed by atoms with Gasteiger partial charge in [0.1, 0.15) is 0 Å². The molecule has 0 saturated heterocycles. The van der Waals surface area contributed by atoms with Gasteiger partial charge in [-0.3, -0.25) is 0 Å². The van der Waals surface area contributed by atoms with E-state index in [2.05, 4.69) is 25.6 Å². The zero-order valence-corrected chi connectivity index (χ0v) is 12.8. The zero-order chi connectivity index (χ0) is 13.0. The molecule has 0 N–H and O–H groups in total. The standard InChI is InChI=1S/C14H16ClNS2/c1-2-4-12-13(9-17)18-14(16-12)8-10-5-3-6-11(15)7-10/h3,5-7,17H,2,4,8-9H2,1H3. The fourth-order valence-electron chi connectivity index (χ4n) is 1.89. The van der Waals surface area contributed by atoms with Gasteiger partial charge in [0.2, 0.25) is 0 Å². The Morgan fingerprint density at radius 3 is 2.89 bits per heavy atom. The number of aromatic nitrogens is 1. The van der Waals surface area contributed by atoms with Crippen LogP contribution in [0, 0.1) is 0 Å². The molecule has 0 bridgehead atoms. The molecule has 18 heavy (non-hydrogen) atoms. The van der Waals surface area contributed by atoms with Crippen molar-refractivity contribution < 1.29 is 0 Å². The second-order valence-electron chi connectivity index (χ2n) is 4.19. The molecule has 2 aromatic rings. The molecule has 0 atom stereocenters. The van der Waals surface area contributed by atoms with Crippen LogP contribution < -0.4 is 0 Å². The van der Waals surface area contributed by atoms with E-state index in [-0.39, 0.29) is 0 Å². The highest BCUT2D eigenvalue weighted by Gasteiger charge is 2.09. The first kappa shape index (κ1) is 13.9. The van der Waals surface area contributed by atoms with E-state index in [0.29, 0.717) is 0 Å². The molecule has 1 heterocycles. The Bertz CT molecular complexity index is 522. The third-order valence-corrected chi connectivity index (χ3v) is 4.56. The second-order valence-corrected chi connectivity index (χ2v) is 6.11. The van der Waals surface area contributed by atoms with Gasteiger partial charge in [0.25, 0.3) is 0 Å². The Morgan fingerprint density at radius 2 is 2.22 bits per heavy atom. The fraction of sp³-hybridized carbons (Fsp3) is 0.357. The third kappa shape index (κ3) is 3.50. The lowest BCUT2D eigenvalue weighted by molar-refractivity contribution is 0.875. The third-order valence-electron chi connectivity index (χ3n) is 2.70. The lowest BCUT2D eigenvalue weighted by Crippen LogP contribution is -1.90. The summed E-state index contributed by atoms with van der Waals surface area (Å²) in [6.07, 6.45) is 3.03. The smallest absolute Gasteiger partial charge is 0.0975 e. The Balaban J connectivity index is 2.19. The minimum Gasteiger partial charge on any atom is -0.246 e. The number of rotatable bonds is 5. The molecule has 0 aliphatic carbocycles. The van der Waals surface area contributed by atoms with Crippen LogP contribution in [-0.2, 0) is 18.6 Å². The normalized spacial score (nSPS) is 10.8. The molecule has 0 fully saturated rings.